The van der Waals surface area contributed by atoms with E-state index in [1.807, 2.05) is 0 Å². The molecule has 0 heterocycles. The van der Waals surface area contributed by atoms with Crippen LogP contribution in [0.2, 0.25) is 0 Å². The average molecular weight is 354 g/mol. The Bertz CT molecular complexity index is 637. The molecular formula is C25H39N. The molecule has 0 spiro atoms. The summed E-state index contributed by atoms with van der Waals surface area (Å²) in [6, 6.07) is 6.98. The number of unbranched alkanes of at least 4 members (excludes halogenated alkanes) is 2. The molecule has 0 N–H and O–H groups in total. The first-order chi connectivity index (χ1) is 12.2. The lowest BCUT2D eigenvalue weighted by molar-refractivity contribution is 0.359. The largest absolute Gasteiger partial charge is 0.192 e. The van der Waals surface area contributed by atoms with Crippen LogP contribution >= 0.6 is 0 Å². The Hall–Kier alpha value is -1.55. The second kappa shape index (κ2) is 10.6. The van der Waals surface area contributed by atoms with Gasteiger partial charge in [0.25, 0.3) is 0 Å². The van der Waals surface area contributed by atoms with Crippen molar-refractivity contribution in [2.75, 3.05) is 0 Å². The van der Waals surface area contributed by atoms with Crippen LogP contribution in [0.15, 0.2) is 23.8 Å². The van der Waals surface area contributed by atoms with E-state index in [9.17, 15) is 5.26 Å². The highest BCUT2D eigenvalue weighted by Gasteiger charge is 2.23. The van der Waals surface area contributed by atoms with Gasteiger partial charge in [-0.05, 0) is 67.7 Å². The summed E-state index contributed by atoms with van der Waals surface area (Å²) in [5.41, 5.74) is 6.40. The predicted octanol–water partition coefficient (Wildman–Crippen LogP) is 7.87. The lowest BCUT2D eigenvalue weighted by Gasteiger charge is -2.27. The minimum Gasteiger partial charge on any atom is -0.192 e. The lowest BCUT2D eigenvalue weighted by Crippen LogP contribution is -2.13. The molecule has 1 heteroatoms. The molecule has 1 atom stereocenters. The molecule has 0 aliphatic carbocycles. The maximum Gasteiger partial charge on any atom is 0.0994 e. The Morgan fingerprint density at radius 1 is 1.15 bits per heavy atom. The van der Waals surface area contributed by atoms with E-state index in [0.29, 0.717) is 5.92 Å². The molecule has 0 aliphatic heterocycles. The third-order valence-electron chi connectivity index (χ3n) is 4.97. The van der Waals surface area contributed by atoms with Crippen LogP contribution in [-0.2, 0) is 6.42 Å². The van der Waals surface area contributed by atoms with Crippen molar-refractivity contribution in [1.82, 2.24) is 0 Å². The minimum absolute atomic E-state index is 0.229. The van der Waals surface area contributed by atoms with Gasteiger partial charge in [-0.15, -0.1) is 0 Å². The number of nitriles is 1. The molecule has 0 saturated heterocycles. The number of allylic oxidation sites excluding steroid dienone is 2. The van der Waals surface area contributed by atoms with Crippen LogP contribution in [0.1, 0.15) is 108 Å². The zero-order valence-electron chi connectivity index (χ0n) is 18.2. The molecule has 144 valence electrons. The van der Waals surface area contributed by atoms with Gasteiger partial charge in [-0.2, -0.15) is 5.26 Å². The molecule has 0 saturated carbocycles. The highest BCUT2D eigenvalue weighted by atomic mass is 14.3. The van der Waals surface area contributed by atoms with Gasteiger partial charge in [-0.1, -0.05) is 71.6 Å². The summed E-state index contributed by atoms with van der Waals surface area (Å²) in [6.07, 6.45) is 10.6. The predicted molar refractivity (Wildman–Crippen MR) is 115 cm³/mol. The van der Waals surface area contributed by atoms with Crippen molar-refractivity contribution in [3.63, 3.8) is 0 Å². The molecule has 1 aromatic rings. The standard InChI is InChI=1S/C25H39N/c1-8-10-11-13-21-15-20(4)24(23(16-21)18-26)22(17-25(5,6)7)14-19(3)12-9-2/h14-16,22H,8-13,17H2,1-7H3/b19-14-. The van der Waals surface area contributed by atoms with E-state index < -0.39 is 0 Å². The maximum absolute atomic E-state index is 9.85. The van der Waals surface area contributed by atoms with Gasteiger partial charge in [-0.3, -0.25) is 0 Å². The normalized spacial score (nSPS) is 13.5. The summed E-state index contributed by atoms with van der Waals surface area (Å²) in [7, 11) is 0. The molecular weight excluding hydrogens is 314 g/mol. The second-order valence-electron chi connectivity index (χ2n) is 9.08. The van der Waals surface area contributed by atoms with E-state index in [4.69, 9.17) is 0 Å². The smallest absolute Gasteiger partial charge is 0.0994 e. The van der Waals surface area contributed by atoms with E-state index >= 15 is 0 Å². The molecule has 1 unspecified atom stereocenters. The Balaban J connectivity index is 3.31. The van der Waals surface area contributed by atoms with Crippen LogP contribution in [-0.4, -0.2) is 0 Å². The van der Waals surface area contributed by atoms with E-state index in [-0.39, 0.29) is 5.41 Å². The first kappa shape index (κ1) is 22.5. The van der Waals surface area contributed by atoms with Crippen LogP contribution in [0.25, 0.3) is 0 Å². The fourth-order valence-electron chi connectivity index (χ4n) is 3.91. The van der Waals surface area contributed by atoms with Gasteiger partial charge in [0, 0.05) is 5.92 Å². The number of hydrogen-bond acceptors (Lipinski definition) is 1. The van der Waals surface area contributed by atoms with Gasteiger partial charge in [0.1, 0.15) is 0 Å². The SMILES string of the molecule is CCCCCc1cc(C)c(C(/C=C(/C)CCC)CC(C)(C)C)c(C#N)c1. The summed E-state index contributed by atoms with van der Waals surface area (Å²) in [5, 5.41) is 9.85. The lowest BCUT2D eigenvalue weighted by atomic mass is 9.77. The Morgan fingerprint density at radius 2 is 1.85 bits per heavy atom. The Morgan fingerprint density at radius 3 is 2.38 bits per heavy atom. The van der Waals surface area contributed by atoms with E-state index in [1.165, 1.54) is 47.9 Å². The fraction of sp³-hybridized carbons (Fsp3) is 0.640. The van der Waals surface area contributed by atoms with Crippen molar-refractivity contribution in [3.8, 4) is 6.07 Å². The monoisotopic (exact) mass is 353 g/mol. The van der Waals surface area contributed by atoms with Crippen LogP contribution in [0.5, 0.6) is 0 Å². The molecule has 26 heavy (non-hydrogen) atoms. The van der Waals surface area contributed by atoms with Crippen LogP contribution in [0, 0.1) is 23.7 Å². The Labute approximate surface area is 162 Å². The molecule has 1 rings (SSSR count). The van der Waals surface area contributed by atoms with Crippen molar-refractivity contribution >= 4 is 0 Å². The van der Waals surface area contributed by atoms with Gasteiger partial charge in [-0.25, -0.2) is 0 Å². The first-order valence-electron chi connectivity index (χ1n) is 10.4. The highest BCUT2D eigenvalue weighted by Crippen LogP contribution is 2.37. The average Bonchev–Trinajstić information content (AvgIpc) is 2.52. The minimum atomic E-state index is 0.229. The molecule has 1 aromatic carbocycles. The molecule has 1 nitrogen and oxygen atoms in total. The van der Waals surface area contributed by atoms with Crippen LogP contribution in [0.3, 0.4) is 0 Å². The van der Waals surface area contributed by atoms with Crippen molar-refractivity contribution in [2.45, 2.75) is 99.3 Å². The summed E-state index contributed by atoms with van der Waals surface area (Å²) in [4.78, 5) is 0. The summed E-state index contributed by atoms with van der Waals surface area (Å²) in [6.45, 7) is 15.8. The number of rotatable bonds is 9. The fourth-order valence-corrected chi connectivity index (χ4v) is 3.91. The van der Waals surface area contributed by atoms with Crippen molar-refractivity contribution in [2.24, 2.45) is 5.41 Å². The third kappa shape index (κ3) is 7.36. The van der Waals surface area contributed by atoms with Gasteiger partial charge in [0.15, 0.2) is 0 Å². The van der Waals surface area contributed by atoms with Gasteiger partial charge >= 0.3 is 0 Å². The van der Waals surface area contributed by atoms with Crippen LogP contribution < -0.4 is 0 Å². The molecule has 0 radical (unpaired) electrons. The topological polar surface area (TPSA) is 23.8 Å². The molecule has 0 bridgehead atoms. The zero-order chi connectivity index (χ0) is 19.7. The second-order valence-corrected chi connectivity index (χ2v) is 9.08. The quantitative estimate of drug-likeness (QED) is 0.327. The van der Waals surface area contributed by atoms with E-state index in [1.54, 1.807) is 0 Å². The van der Waals surface area contributed by atoms with E-state index in [0.717, 1.165) is 24.8 Å². The maximum atomic E-state index is 9.85. The summed E-state index contributed by atoms with van der Waals surface area (Å²) < 4.78 is 0. The van der Waals surface area contributed by atoms with Gasteiger partial charge in [0.05, 0.1) is 11.6 Å². The molecule has 0 fully saturated rings. The number of hydrogen-bond donors (Lipinski definition) is 0. The van der Waals surface area contributed by atoms with Crippen molar-refractivity contribution < 1.29 is 0 Å². The van der Waals surface area contributed by atoms with Crippen LogP contribution in [0.4, 0.5) is 0 Å². The summed E-state index contributed by atoms with van der Waals surface area (Å²) in [5.74, 6) is 0.320. The van der Waals surface area contributed by atoms with Crippen molar-refractivity contribution in [1.29, 1.82) is 5.26 Å². The highest BCUT2D eigenvalue weighted by molar-refractivity contribution is 5.49. The van der Waals surface area contributed by atoms with Gasteiger partial charge < -0.3 is 0 Å². The number of nitrogens with zero attached hydrogens (tertiary/aromatic N) is 1. The molecule has 0 amide bonds. The van der Waals surface area contributed by atoms with Crippen molar-refractivity contribution in [3.05, 3.63) is 46.0 Å². The molecule has 0 aromatic heterocycles. The first-order valence-corrected chi connectivity index (χ1v) is 10.4. The van der Waals surface area contributed by atoms with E-state index in [2.05, 4.69) is 72.7 Å². The summed E-state index contributed by atoms with van der Waals surface area (Å²) >= 11 is 0. The number of aryl methyl sites for hydroxylation is 2. The number of benzene rings is 1. The Kier molecular flexibility index (Phi) is 9.14. The zero-order valence-corrected chi connectivity index (χ0v) is 18.2. The van der Waals surface area contributed by atoms with Gasteiger partial charge in [0.2, 0.25) is 0 Å². The molecule has 0 aliphatic rings. The third-order valence-corrected chi connectivity index (χ3v) is 4.97.